The molecule has 1 aromatic rings. The lowest BCUT2D eigenvalue weighted by Crippen LogP contribution is -2.25. The molecule has 0 radical (unpaired) electrons. The number of hydrogen-bond acceptors (Lipinski definition) is 4. The first-order chi connectivity index (χ1) is 7.77. The minimum absolute atomic E-state index is 0.0395. The maximum absolute atomic E-state index is 9.57. The van der Waals surface area contributed by atoms with Gasteiger partial charge in [-0.15, -0.1) is 0 Å². The van der Waals surface area contributed by atoms with Crippen molar-refractivity contribution in [1.29, 1.82) is 0 Å². The number of para-hydroxylation sites is 1. The average Bonchev–Trinajstić information content (AvgIpc) is 2.77. The Morgan fingerprint density at radius 3 is 3.00 bits per heavy atom. The number of phenolic OH excluding ortho intramolecular Hbond substituents is 2. The van der Waals surface area contributed by atoms with Gasteiger partial charge in [0.1, 0.15) is 0 Å². The van der Waals surface area contributed by atoms with Crippen molar-refractivity contribution in [3.63, 3.8) is 0 Å². The fraction of sp³-hybridized carbons (Fsp3) is 0.500. The van der Waals surface area contributed by atoms with Crippen LogP contribution in [0.15, 0.2) is 18.2 Å². The molecule has 1 atom stereocenters. The smallest absolute Gasteiger partial charge is 0.161 e. The first kappa shape index (κ1) is 11.2. The van der Waals surface area contributed by atoms with Gasteiger partial charge in [0.2, 0.25) is 0 Å². The van der Waals surface area contributed by atoms with E-state index in [0.29, 0.717) is 18.2 Å². The molecule has 1 aromatic carbocycles. The van der Waals surface area contributed by atoms with Crippen molar-refractivity contribution in [1.82, 2.24) is 5.32 Å². The van der Waals surface area contributed by atoms with Crippen LogP contribution in [0.25, 0.3) is 0 Å². The van der Waals surface area contributed by atoms with Gasteiger partial charge in [0.15, 0.2) is 11.5 Å². The van der Waals surface area contributed by atoms with Gasteiger partial charge in [0.25, 0.3) is 0 Å². The van der Waals surface area contributed by atoms with Gasteiger partial charge in [-0.2, -0.15) is 0 Å². The van der Waals surface area contributed by atoms with Gasteiger partial charge >= 0.3 is 0 Å². The molecule has 2 rings (SSSR count). The maximum Gasteiger partial charge on any atom is 0.161 e. The number of rotatable bonds is 4. The van der Waals surface area contributed by atoms with Crippen molar-refractivity contribution in [2.24, 2.45) is 0 Å². The van der Waals surface area contributed by atoms with Crippen LogP contribution in [0.2, 0.25) is 0 Å². The molecule has 1 aliphatic heterocycles. The molecule has 1 unspecified atom stereocenters. The summed E-state index contributed by atoms with van der Waals surface area (Å²) in [5, 5.41) is 22.1. The van der Waals surface area contributed by atoms with E-state index in [1.165, 1.54) is 6.07 Å². The molecule has 0 saturated carbocycles. The second-order valence-corrected chi connectivity index (χ2v) is 4.05. The van der Waals surface area contributed by atoms with Crippen LogP contribution >= 0.6 is 0 Å². The van der Waals surface area contributed by atoms with E-state index in [1.54, 1.807) is 12.1 Å². The van der Waals surface area contributed by atoms with Crippen LogP contribution in [0, 0.1) is 0 Å². The predicted molar refractivity (Wildman–Crippen MR) is 60.5 cm³/mol. The topological polar surface area (TPSA) is 61.7 Å². The molecular formula is C12H17NO3. The Morgan fingerprint density at radius 2 is 2.25 bits per heavy atom. The quantitative estimate of drug-likeness (QED) is 0.675. The highest BCUT2D eigenvalue weighted by molar-refractivity contribution is 5.44. The van der Waals surface area contributed by atoms with Gasteiger partial charge in [-0.3, -0.25) is 0 Å². The van der Waals surface area contributed by atoms with Crippen LogP contribution in [-0.4, -0.2) is 29.5 Å². The molecule has 16 heavy (non-hydrogen) atoms. The molecule has 4 heteroatoms. The molecule has 4 nitrogen and oxygen atoms in total. The van der Waals surface area contributed by atoms with E-state index in [0.717, 1.165) is 26.0 Å². The standard InChI is InChI=1S/C12H17NO3/c14-11-5-1-3-9(12(11)15)7-13-8-10-4-2-6-16-10/h1,3,5,10,13-15H,2,4,6-8H2. The highest BCUT2D eigenvalue weighted by atomic mass is 16.5. The molecule has 88 valence electrons. The van der Waals surface area contributed by atoms with E-state index < -0.39 is 0 Å². The Morgan fingerprint density at radius 1 is 1.38 bits per heavy atom. The molecule has 1 fully saturated rings. The van der Waals surface area contributed by atoms with Gasteiger partial charge in [-0.25, -0.2) is 0 Å². The third-order valence-corrected chi connectivity index (χ3v) is 2.81. The lowest BCUT2D eigenvalue weighted by molar-refractivity contribution is 0.110. The zero-order valence-corrected chi connectivity index (χ0v) is 9.15. The van der Waals surface area contributed by atoms with Gasteiger partial charge in [0, 0.05) is 25.3 Å². The summed E-state index contributed by atoms with van der Waals surface area (Å²) in [6.07, 6.45) is 2.52. The second-order valence-electron chi connectivity index (χ2n) is 4.05. The van der Waals surface area contributed by atoms with E-state index in [-0.39, 0.29) is 11.5 Å². The number of ether oxygens (including phenoxy) is 1. The van der Waals surface area contributed by atoms with Gasteiger partial charge in [-0.05, 0) is 18.9 Å². The van der Waals surface area contributed by atoms with Crippen molar-refractivity contribution in [3.8, 4) is 11.5 Å². The monoisotopic (exact) mass is 223 g/mol. The van der Waals surface area contributed by atoms with Crippen LogP contribution in [0.4, 0.5) is 0 Å². The summed E-state index contributed by atoms with van der Waals surface area (Å²) in [7, 11) is 0. The fourth-order valence-corrected chi connectivity index (χ4v) is 1.89. The minimum Gasteiger partial charge on any atom is -0.504 e. The van der Waals surface area contributed by atoms with Gasteiger partial charge < -0.3 is 20.3 Å². The van der Waals surface area contributed by atoms with Crippen LogP contribution in [0.1, 0.15) is 18.4 Å². The Kier molecular flexibility index (Phi) is 3.64. The molecule has 0 amide bonds. The van der Waals surface area contributed by atoms with Crippen LogP contribution in [0.3, 0.4) is 0 Å². The van der Waals surface area contributed by atoms with E-state index in [2.05, 4.69) is 5.32 Å². The van der Waals surface area contributed by atoms with Crippen molar-refractivity contribution in [3.05, 3.63) is 23.8 Å². The van der Waals surface area contributed by atoms with E-state index in [4.69, 9.17) is 4.74 Å². The molecule has 0 bridgehead atoms. The number of benzene rings is 1. The molecule has 3 N–H and O–H groups in total. The fourth-order valence-electron chi connectivity index (χ4n) is 1.89. The first-order valence-electron chi connectivity index (χ1n) is 5.59. The number of hydrogen-bond donors (Lipinski definition) is 3. The summed E-state index contributed by atoms with van der Waals surface area (Å²) in [4.78, 5) is 0. The van der Waals surface area contributed by atoms with Crippen LogP contribution < -0.4 is 5.32 Å². The third kappa shape index (κ3) is 2.65. The average molecular weight is 223 g/mol. The Bertz CT molecular complexity index is 348. The van der Waals surface area contributed by atoms with Gasteiger partial charge in [0.05, 0.1) is 6.10 Å². The highest BCUT2D eigenvalue weighted by Crippen LogP contribution is 2.27. The van der Waals surface area contributed by atoms with Crippen LogP contribution in [-0.2, 0) is 11.3 Å². The number of phenols is 2. The Balaban J connectivity index is 1.82. The lowest BCUT2D eigenvalue weighted by atomic mass is 10.2. The summed E-state index contributed by atoms with van der Waals surface area (Å²) in [6.45, 7) is 2.18. The minimum atomic E-state index is -0.0728. The SMILES string of the molecule is Oc1cccc(CNCC2CCCO2)c1O. The largest absolute Gasteiger partial charge is 0.504 e. The summed E-state index contributed by atoms with van der Waals surface area (Å²) < 4.78 is 5.47. The summed E-state index contributed by atoms with van der Waals surface area (Å²) in [5.41, 5.74) is 0.706. The Labute approximate surface area is 94.9 Å². The number of nitrogens with one attached hydrogen (secondary N) is 1. The van der Waals surface area contributed by atoms with Crippen molar-refractivity contribution < 1.29 is 14.9 Å². The number of aromatic hydroxyl groups is 2. The molecular weight excluding hydrogens is 206 g/mol. The molecule has 0 spiro atoms. The van der Waals surface area contributed by atoms with E-state index in [1.807, 2.05) is 0 Å². The van der Waals surface area contributed by atoms with E-state index >= 15 is 0 Å². The van der Waals surface area contributed by atoms with E-state index in [9.17, 15) is 10.2 Å². The second kappa shape index (κ2) is 5.18. The molecule has 0 aromatic heterocycles. The third-order valence-electron chi connectivity index (χ3n) is 2.81. The van der Waals surface area contributed by atoms with Crippen molar-refractivity contribution in [2.75, 3.05) is 13.2 Å². The molecule has 1 saturated heterocycles. The Hall–Kier alpha value is -1.26. The molecule has 1 aliphatic rings. The molecule has 0 aliphatic carbocycles. The summed E-state index contributed by atoms with van der Waals surface area (Å²) in [5.74, 6) is -0.112. The molecule has 1 heterocycles. The summed E-state index contributed by atoms with van der Waals surface area (Å²) >= 11 is 0. The lowest BCUT2D eigenvalue weighted by Gasteiger charge is -2.11. The predicted octanol–water partition coefficient (Wildman–Crippen LogP) is 1.37. The zero-order chi connectivity index (χ0) is 11.4. The van der Waals surface area contributed by atoms with Crippen LogP contribution in [0.5, 0.6) is 11.5 Å². The highest BCUT2D eigenvalue weighted by Gasteiger charge is 2.14. The summed E-state index contributed by atoms with van der Waals surface area (Å²) in [6, 6.07) is 4.98. The first-order valence-corrected chi connectivity index (χ1v) is 5.59. The van der Waals surface area contributed by atoms with Gasteiger partial charge in [-0.1, -0.05) is 12.1 Å². The van der Waals surface area contributed by atoms with Crippen molar-refractivity contribution in [2.45, 2.75) is 25.5 Å². The zero-order valence-electron chi connectivity index (χ0n) is 9.15. The van der Waals surface area contributed by atoms with Crippen molar-refractivity contribution >= 4 is 0 Å². The maximum atomic E-state index is 9.57. The normalized spacial score (nSPS) is 20.1.